The maximum atomic E-state index is 10.8. The number of hydrogen-bond acceptors (Lipinski definition) is 2. The molecule has 2 aromatic rings. The Morgan fingerprint density at radius 1 is 0.947 bits per heavy atom. The normalized spacial score (nSPS) is 15.1. The fourth-order valence-corrected chi connectivity index (χ4v) is 1.28. The molecule has 0 saturated carbocycles. The summed E-state index contributed by atoms with van der Waals surface area (Å²) in [6.45, 7) is 0. The van der Waals surface area contributed by atoms with Crippen molar-refractivity contribution in [1.29, 1.82) is 0 Å². The molecular weight excluding hydrogens is 317 g/mol. The van der Waals surface area contributed by atoms with E-state index in [0.717, 1.165) is 10.3 Å². The van der Waals surface area contributed by atoms with E-state index in [2.05, 4.69) is 12.6 Å². The van der Waals surface area contributed by atoms with Crippen LogP contribution in [0.15, 0.2) is 44.4 Å². The first-order valence-electron chi connectivity index (χ1n) is 4.53. The molecule has 19 heavy (non-hydrogen) atoms. The number of halogens is 6. The average Bonchev–Trinajstić information content (AvgIpc) is 2.11. The van der Waals surface area contributed by atoms with Crippen LogP contribution < -0.4 is 5.63 Å². The molecule has 0 atom stereocenters. The van der Waals surface area contributed by atoms with E-state index >= 15 is 0 Å². The molecule has 0 spiro atoms. The van der Waals surface area contributed by atoms with Gasteiger partial charge in [-0.2, -0.15) is 0 Å². The van der Waals surface area contributed by atoms with Crippen LogP contribution >= 0.6 is 7.81 Å². The molecule has 2 rings (SSSR count). The summed E-state index contributed by atoms with van der Waals surface area (Å²) in [6.07, 6.45) is 0. The molecule has 0 radical (unpaired) electrons. The zero-order chi connectivity index (χ0) is 15.0. The Morgan fingerprint density at radius 2 is 1.42 bits per heavy atom. The molecule has 0 bridgehead atoms. The van der Waals surface area contributed by atoms with Crippen molar-refractivity contribution in [2.45, 2.75) is 4.90 Å². The van der Waals surface area contributed by atoms with Gasteiger partial charge in [0.25, 0.3) is 0 Å². The van der Waals surface area contributed by atoms with Crippen LogP contribution in [0, 0.1) is 0 Å². The van der Waals surface area contributed by atoms with Gasteiger partial charge in [0, 0.05) is 17.5 Å². The van der Waals surface area contributed by atoms with Crippen LogP contribution in [0.4, 0.5) is 25.2 Å². The van der Waals surface area contributed by atoms with Crippen LogP contribution in [-0.4, -0.2) is 0 Å². The minimum absolute atomic E-state index is 0.320. The van der Waals surface area contributed by atoms with E-state index in [1.54, 1.807) is 12.1 Å². The van der Waals surface area contributed by atoms with Crippen molar-refractivity contribution < 1.29 is 29.6 Å². The molecule has 108 valence electrons. The maximum absolute atomic E-state index is 10.8. The zero-order valence-electron chi connectivity index (χ0n) is 8.92. The summed E-state index contributed by atoms with van der Waals surface area (Å²) in [5, 5.41) is 0.927. The first-order valence-corrected chi connectivity index (χ1v) is 7.05. The minimum Gasteiger partial charge on any atom is -0.423 e. The fourth-order valence-electron chi connectivity index (χ4n) is 1.06. The summed E-state index contributed by atoms with van der Waals surface area (Å²) in [6, 6.07) is 8.72. The first-order chi connectivity index (χ1) is 8.20. The Balaban J connectivity index is 0.000000224. The minimum atomic E-state index is -10.7. The van der Waals surface area contributed by atoms with Gasteiger partial charge in [-0.05, 0) is 30.8 Å². The summed E-state index contributed by atoms with van der Waals surface area (Å²) < 4.78 is 64.2. The van der Waals surface area contributed by atoms with Crippen molar-refractivity contribution in [3.05, 3.63) is 40.8 Å². The molecular formula is C9H7F6O2PS. The third-order valence-electron chi connectivity index (χ3n) is 1.62. The van der Waals surface area contributed by atoms with Gasteiger partial charge in [-0.15, -0.1) is 0 Å². The summed E-state index contributed by atoms with van der Waals surface area (Å²) in [5.41, 5.74) is 0.287. The van der Waals surface area contributed by atoms with Crippen LogP contribution in [0.1, 0.15) is 0 Å². The van der Waals surface area contributed by atoms with Gasteiger partial charge in [-0.3, -0.25) is 0 Å². The topological polar surface area (TPSA) is 30.2 Å². The number of benzene rings is 1. The second kappa shape index (κ2) is 4.14. The van der Waals surface area contributed by atoms with Gasteiger partial charge in [0.05, 0.1) is 0 Å². The van der Waals surface area contributed by atoms with Crippen LogP contribution in [0.25, 0.3) is 11.0 Å². The van der Waals surface area contributed by atoms with E-state index in [9.17, 15) is 30.0 Å². The van der Waals surface area contributed by atoms with E-state index in [0.29, 0.717) is 5.58 Å². The molecule has 1 heterocycles. The SMILES string of the molecule is F[P-](F)(F)(F)(F)F.O=c1ccc2ccc([SH2+])cc2o1. The Bertz CT molecular complexity index is 652. The monoisotopic (exact) mass is 324 g/mol. The first kappa shape index (κ1) is 15.8. The maximum Gasteiger partial charge on any atom is 0.336 e. The second-order valence-corrected chi connectivity index (χ2v) is 5.96. The van der Waals surface area contributed by atoms with Crippen molar-refractivity contribution in [2.75, 3.05) is 0 Å². The van der Waals surface area contributed by atoms with E-state index in [1.165, 1.54) is 6.07 Å². The smallest absolute Gasteiger partial charge is 0.336 e. The number of hydrogen-bond donors (Lipinski definition) is 0. The molecule has 0 unspecified atom stereocenters. The molecule has 0 aliphatic carbocycles. The van der Waals surface area contributed by atoms with Crippen LogP contribution in [-0.2, 0) is 12.6 Å². The molecule has 0 aliphatic rings. The van der Waals surface area contributed by atoms with E-state index in [4.69, 9.17) is 4.42 Å². The Morgan fingerprint density at radius 3 is 1.95 bits per heavy atom. The molecule has 0 fully saturated rings. The fraction of sp³-hybridized carbons (Fsp3) is 0. The molecule has 10 heteroatoms. The molecule has 0 amide bonds. The molecule has 1 aromatic heterocycles. The third kappa shape index (κ3) is 8.50. The van der Waals surface area contributed by atoms with Crippen LogP contribution in [0.3, 0.4) is 0 Å². The second-order valence-electron chi connectivity index (χ2n) is 3.47. The van der Waals surface area contributed by atoms with Crippen molar-refractivity contribution in [3.63, 3.8) is 0 Å². The Kier molecular flexibility index (Phi) is 3.45. The molecule has 0 saturated heterocycles. The van der Waals surface area contributed by atoms with Gasteiger partial charge >= 0.3 is 38.6 Å². The molecule has 1 aromatic carbocycles. The van der Waals surface area contributed by atoms with Gasteiger partial charge in [-0.1, -0.05) is 0 Å². The standard InChI is InChI=1S/C9H6O2S.F6P/c10-9-4-2-6-1-3-7(12)5-8(6)11-9;1-7(2,3,4,5)6/h1-5,12H;/q;-1/p+1. The predicted molar refractivity (Wildman–Crippen MR) is 64.5 cm³/mol. The van der Waals surface area contributed by atoms with Crippen molar-refractivity contribution in [2.24, 2.45) is 0 Å². The van der Waals surface area contributed by atoms with E-state index < -0.39 is 7.81 Å². The molecule has 0 aliphatic heterocycles. The van der Waals surface area contributed by atoms with E-state index in [-0.39, 0.29) is 5.63 Å². The Hall–Kier alpha value is -1.21. The van der Waals surface area contributed by atoms with Crippen LogP contribution in [0.5, 0.6) is 0 Å². The molecule has 2 nitrogen and oxygen atoms in total. The van der Waals surface area contributed by atoms with E-state index in [1.807, 2.05) is 12.1 Å². The van der Waals surface area contributed by atoms with Gasteiger partial charge in [0.2, 0.25) is 0 Å². The number of fused-ring (bicyclic) bond motifs is 1. The van der Waals surface area contributed by atoms with Gasteiger partial charge < -0.3 is 4.42 Å². The number of rotatable bonds is 0. The third-order valence-corrected chi connectivity index (χ3v) is 1.93. The summed E-state index contributed by atoms with van der Waals surface area (Å²) in [5.74, 6) is 0. The summed E-state index contributed by atoms with van der Waals surface area (Å²) in [7, 11) is -10.7. The van der Waals surface area contributed by atoms with Gasteiger partial charge in [0.1, 0.15) is 5.58 Å². The van der Waals surface area contributed by atoms with Crippen molar-refractivity contribution >= 4 is 31.4 Å². The average molecular weight is 324 g/mol. The predicted octanol–water partition coefficient (Wildman–Crippen LogP) is 4.55. The summed E-state index contributed by atoms with van der Waals surface area (Å²) >= 11 is 3.34. The largest absolute Gasteiger partial charge is 0.423 e. The molecule has 0 N–H and O–H groups in total. The van der Waals surface area contributed by atoms with Crippen molar-refractivity contribution in [3.8, 4) is 0 Å². The van der Waals surface area contributed by atoms with Gasteiger partial charge in [0.15, 0.2) is 4.90 Å². The quantitative estimate of drug-likeness (QED) is 0.308. The van der Waals surface area contributed by atoms with Crippen LogP contribution in [0.2, 0.25) is 0 Å². The Labute approximate surface area is 107 Å². The van der Waals surface area contributed by atoms with Crippen molar-refractivity contribution in [1.82, 2.24) is 0 Å². The van der Waals surface area contributed by atoms with Gasteiger partial charge in [-0.25, -0.2) is 4.79 Å². The zero-order valence-corrected chi connectivity index (χ0v) is 10.8. The summed E-state index contributed by atoms with van der Waals surface area (Å²) in [4.78, 5) is 11.7.